The third kappa shape index (κ3) is 3.67. The number of amides is 1. The van der Waals surface area contributed by atoms with Crippen molar-refractivity contribution in [2.75, 3.05) is 0 Å². The molecule has 0 aliphatic carbocycles. The number of rotatable bonds is 5. The van der Waals surface area contributed by atoms with E-state index >= 15 is 0 Å². The second-order valence-electron chi connectivity index (χ2n) is 3.37. The van der Waals surface area contributed by atoms with Crippen molar-refractivity contribution in [1.29, 1.82) is 0 Å². The molecular weight excluding hydrogens is 195 g/mol. The minimum Gasteiger partial charge on any atom is -0.368 e. The second kappa shape index (κ2) is 5.46. The molecule has 1 aromatic rings. The molecular formula is C11H15FN2O. The van der Waals surface area contributed by atoms with Gasteiger partial charge in [0.15, 0.2) is 0 Å². The van der Waals surface area contributed by atoms with Gasteiger partial charge in [0.1, 0.15) is 5.82 Å². The van der Waals surface area contributed by atoms with Crippen LogP contribution in [0.15, 0.2) is 24.3 Å². The Morgan fingerprint density at radius 2 is 2.07 bits per heavy atom. The third-order valence-corrected chi connectivity index (χ3v) is 2.22. The lowest BCUT2D eigenvalue weighted by molar-refractivity contribution is -0.120. The van der Waals surface area contributed by atoms with E-state index in [2.05, 4.69) is 5.32 Å². The van der Waals surface area contributed by atoms with Crippen molar-refractivity contribution in [1.82, 2.24) is 5.32 Å². The standard InChI is InChI=1S/C11H15FN2O/c1-2-10(11(13)15)14-7-8-3-5-9(12)6-4-8/h3-6,10,14H,2,7H2,1H3,(H2,13,15). The Morgan fingerprint density at radius 3 is 2.53 bits per heavy atom. The zero-order valence-electron chi connectivity index (χ0n) is 8.66. The monoisotopic (exact) mass is 210 g/mol. The number of nitrogens with two attached hydrogens (primary N) is 1. The summed E-state index contributed by atoms with van der Waals surface area (Å²) in [6.07, 6.45) is 0.649. The average Bonchev–Trinajstić information content (AvgIpc) is 2.21. The topological polar surface area (TPSA) is 55.1 Å². The largest absolute Gasteiger partial charge is 0.368 e. The SMILES string of the molecule is CCC(NCc1ccc(F)cc1)C(N)=O. The van der Waals surface area contributed by atoms with E-state index in [4.69, 9.17) is 5.73 Å². The van der Waals surface area contributed by atoms with Gasteiger partial charge < -0.3 is 11.1 Å². The summed E-state index contributed by atoms with van der Waals surface area (Å²) in [5.74, 6) is -0.625. The molecule has 15 heavy (non-hydrogen) atoms. The molecule has 0 aromatic heterocycles. The maximum Gasteiger partial charge on any atom is 0.234 e. The Balaban J connectivity index is 2.49. The highest BCUT2D eigenvalue weighted by Gasteiger charge is 2.10. The van der Waals surface area contributed by atoms with Gasteiger partial charge in [0.2, 0.25) is 5.91 Å². The van der Waals surface area contributed by atoms with Gasteiger partial charge in [-0.05, 0) is 24.1 Å². The van der Waals surface area contributed by atoms with E-state index in [-0.39, 0.29) is 17.8 Å². The van der Waals surface area contributed by atoms with Crippen molar-refractivity contribution in [3.05, 3.63) is 35.6 Å². The molecule has 82 valence electrons. The zero-order chi connectivity index (χ0) is 11.3. The van der Waals surface area contributed by atoms with Crippen molar-refractivity contribution in [3.8, 4) is 0 Å². The van der Waals surface area contributed by atoms with Crippen LogP contribution in [0.3, 0.4) is 0 Å². The van der Waals surface area contributed by atoms with Gasteiger partial charge in [0.05, 0.1) is 6.04 Å². The Morgan fingerprint density at radius 1 is 1.47 bits per heavy atom. The zero-order valence-corrected chi connectivity index (χ0v) is 8.66. The fraction of sp³-hybridized carbons (Fsp3) is 0.364. The first-order valence-corrected chi connectivity index (χ1v) is 4.90. The predicted octanol–water partition coefficient (Wildman–Crippen LogP) is 1.18. The number of primary amides is 1. The second-order valence-corrected chi connectivity index (χ2v) is 3.37. The number of benzene rings is 1. The number of hydrogen-bond acceptors (Lipinski definition) is 2. The molecule has 1 aromatic carbocycles. The summed E-state index contributed by atoms with van der Waals surface area (Å²) in [6, 6.07) is 5.81. The van der Waals surface area contributed by atoms with Crippen LogP contribution in [0.5, 0.6) is 0 Å². The van der Waals surface area contributed by atoms with Crippen LogP contribution in [0.25, 0.3) is 0 Å². The lowest BCUT2D eigenvalue weighted by atomic mass is 10.1. The molecule has 3 nitrogen and oxygen atoms in total. The van der Waals surface area contributed by atoms with Gasteiger partial charge in [-0.25, -0.2) is 4.39 Å². The van der Waals surface area contributed by atoms with Gasteiger partial charge in [-0.2, -0.15) is 0 Å². The molecule has 1 unspecified atom stereocenters. The molecule has 4 heteroatoms. The van der Waals surface area contributed by atoms with Crippen molar-refractivity contribution < 1.29 is 9.18 Å². The summed E-state index contributed by atoms with van der Waals surface area (Å²) in [6.45, 7) is 2.40. The van der Waals surface area contributed by atoms with Crippen LogP contribution < -0.4 is 11.1 Å². The summed E-state index contributed by atoms with van der Waals surface area (Å²) in [5, 5.41) is 3.01. The molecule has 0 aliphatic heterocycles. The van der Waals surface area contributed by atoms with E-state index in [0.717, 1.165) is 5.56 Å². The summed E-state index contributed by atoms with van der Waals surface area (Å²) in [7, 11) is 0. The lowest BCUT2D eigenvalue weighted by Crippen LogP contribution is -2.40. The maximum atomic E-state index is 12.6. The molecule has 0 heterocycles. The van der Waals surface area contributed by atoms with Gasteiger partial charge in [-0.3, -0.25) is 4.79 Å². The highest BCUT2D eigenvalue weighted by atomic mass is 19.1. The highest BCUT2D eigenvalue weighted by molar-refractivity contribution is 5.79. The Labute approximate surface area is 88.5 Å². The number of carbonyl (C=O) groups is 1. The molecule has 1 rings (SSSR count). The molecule has 0 aliphatic rings. The maximum absolute atomic E-state index is 12.6. The fourth-order valence-corrected chi connectivity index (χ4v) is 1.29. The van der Waals surface area contributed by atoms with Crippen LogP contribution in [0.4, 0.5) is 4.39 Å². The average molecular weight is 210 g/mol. The Kier molecular flexibility index (Phi) is 4.24. The van der Waals surface area contributed by atoms with Crippen molar-refractivity contribution >= 4 is 5.91 Å². The minimum atomic E-state index is -0.361. The van der Waals surface area contributed by atoms with E-state index in [1.54, 1.807) is 12.1 Å². The molecule has 1 atom stereocenters. The summed E-state index contributed by atoms with van der Waals surface area (Å²) < 4.78 is 12.6. The van der Waals surface area contributed by atoms with Gasteiger partial charge in [-0.15, -0.1) is 0 Å². The number of hydrogen-bond donors (Lipinski definition) is 2. The first-order valence-electron chi connectivity index (χ1n) is 4.90. The first kappa shape index (κ1) is 11.7. The van der Waals surface area contributed by atoms with Crippen LogP contribution in [0, 0.1) is 5.82 Å². The molecule has 0 saturated heterocycles. The van der Waals surface area contributed by atoms with Crippen LogP contribution in [-0.4, -0.2) is 11.9 Å². The van der Waals surface area contributed by atoms with E-state index in [1.165, 1.54) is 12.1 Å². The highest BCUT2D eigenvalue weighted by Crippen LogP contribution is 2.03. The predicted molar refractivity (Wildman–Crippen MR) is 56.5 cm³/mol. The summed E-state index contributed by atoms with van der Waals surface area (Å²) in [5.41, 5.74) is 6.10. The molecule has 3 N–H and O–H groups in total. The van der Waals surface area contributed by atoms with E-state index in [0.29, 0.717) is 13.0 Å². The molecule has 0 fully saturated rings. The van der Waals surface area contributed by atoms with E-state index in [9.17, 15) is 9.18 Å². The van der Waals surface area contributed by atoms with E-state index < -0.39 is 0 Å². The summed E-state index contributed by atoms with van der Waals surface area (Å²) in [4.78, 5) is 10.9. The van der Waals surface area contributed by atoms with Gasteiger partial charge >= 0.3 is 0 Å². The molecule has 1 amide bonds. The third-order valence-electron chi connectivity index (χ3n) is 2.22. The number of nitrogens with one attached hydrogen (secondary N) is 1. The smallest absolute Gasteiger partial charge is 0.234 e. The molecule has 0 spiro atoms. The van der Waals surface area contributed by atoms with Gasteiger partial charge in [0.25, 0.3) is 0 Å². The molecule has 0 bridgehead atoms. The van der Waals surface area contributed by atoms with Gasteiger partial charge in [-0.1, -0.05) is 19.1 Å². The number of halogens is 1. The Hall–Kier alpha value is -1.42. The van der Waals surface area contributed by atoms with Crippen molar-refractivity contribution in [3.63, 3.8) is 0 Å². The lowest BCUT2D eigenvalue weighted by Gasteiger charge is -2.12. The Bertz CT molecular complexity index is 324. The number of carbonyl (C=O) groups excluding carboxylic acids is 1. The van der Waals surface area contributed by atoms with Crippen LogP contribution >= 0.6 is 0 Å². The molecule has 0 radical (unpaired) electrons. The van der Waals surface area contributed by atoms with Gasteiger partial charge in [0, 0.05) is 6.54 Å². The normalized spacial score (nSPS) is 12.4. The fourth-order valence-electron chi connectivity index (χ4n) is 1.29. The van der Waals surface area contributed by atoms with Crippen molar-refractivity contribution in [2.24, 2.45) is 5.73 Å². The van der Waals surface area contributed by atoms with Crippen LogP contribution in [-0.2, 0) is 11.3 Å². The van der Waals surface area contributed by atoms with Crippen LogP contribution in [0.1, 0.15) is 18.9 Å². The van der Waals surface area contributed by atoms with Crippen LogP contribution in [0.2, 0.25) is 0 Å². The van der Waals surface area contributed by atoms with Crippen molar-refractivity contribution in [2.45, 2.75) is 25.9 Å². The minimum absolute atomic E-state index is 0.263. The first-order chi connectivity index (χ1) is 7.13. The quantitative estimate of drug-likeness (QED) is 0.766. The summed E-state index contributed by atoms with van der Waals surface area (Å²) >= 11 is 0. The van der Waals surface area contributed by atoms with E-state index in [1.807, 2.05) is 6.92 Å². The molecule has 0 saturated carbocycles.